The van der Waals surface area contributed by atoms with E-state index in [0.717, 1.165) is 0 Å². The number of hydrogen-bond acceptors (Lipinski definition) is 0. The predicted molar refractivity (Wildman–Crippen MR) is 93.3 cm³/mol. The van der Waals surface area contributed by atoms with Gasteiger partial charge in [-0.25, -0.2) is 0 Å². The van der Waals surface area contributed by atoms with E-state index < -0.39 is 0 Å². The molecule has 0 unspecified atom stereocenters. The van der Waals surface area contributed by atoms with E-state index >= 15 is 0 Å². The molecule has 0 N–H and O–H groups in total. The van der Waals surface area contributed by atoms with E-state index in [0.29, 0.717) is 22.7 Å². The Balaban J connectivity index is 1.90. The molecule has 2 aliphatic carbocycles. The normalized spacial score (nSPS) is 27.5. The Morgan fingerprint density at radius 2 is 1.00 bits per heavy atom. The summed E-state index contributed by atoms with van der Waals surface area (Å²) >= 11 is 0. The van der Waals surface area contributed by atoms with Gasteiger partial charge in [0.1, 0.15) is 0 Å². The van der Waals surface area contributed by atoms with Crippen molar-refractivity contribution >= 4 is 0 Å². The van der Waals surface area contributed by atoms with Gasteiger partial charge in [-0.05, 0) is 57.8 Å². The smallest absolute Gasteiger partial charge is 0.00305 e. The van der Waals surface area contributed by atoms with Gasteiger partial charge in [-0.1, -0.05) is 76.2 Å². The molecule has 0 heteroatoms. The molecule has 2 atom stereocenters. The molecule has 22 heavy (non-hydrogen) atoms. The van der Waals surface area contributed by atoms with Crippen molar-refractivity contribution in [2.45, 2.75) is 52.4 Å². The van der Waals surface area contributed by atoms with Crippen molar-refractivity contribution in [1.82, 2.24) is 0 Å². The van der Waals surface area contributed by atoms with Crippen molar-refractivity contribution in [3.8, 4) is 0 Å². The molecule has 0 nitrogen and oxygen atoms in total. The monoisotopic (exact) mass is 290 g/mol. The van der Waals surface area contributed by atoms with Gasteiger partial charge in [-0.3, -0.25) is 0 Å². The molecule has 2 aromatic carbocycles. The van der Waals surface area contributed by atoms with Crippen molar-refractivity contribution in [3.63, 3.8) is 0 Å². The van der Waals surface area contributed by atoms with Crippen LogP contribution in [0.15, 0.2) is 48.5 Å². The van der Waals surface area contributed by atoms with Crippen molar-refractivity contribution < 1.29 is 0 Å². The molecule has 0 saturated carbocycles. The van der Waals surface area contributed by atoms with Gasteiger partial charge in [0.05, 0.1) is 0 Å². The summed E-state index contributed by atoms with van der Waals surface area (Å²) in [5.41, 5.74) is 7.01. The van der Waals surface area contributed by atoms with Gasteiger partial charge in [0.25, 0.3) is 0 Å². The zero-order chi connectivity index (χ0) is 15.5. The van der Waals surface area contributed by atoms with E-state index in [1.165, 1.54) is 12.8 Å². The molecule has 0 fully saturated rings. The molecule has 0 aliphatic heterocycles. The molecular formula is C22H26. The van der Waals surface area contributed by atoms with E-state index in [9.17, 15) is 0 Å². The van der Waals surface area contributed by atoms with Crippen LogP contribution in [0.5, 0.6) is 0 Å². The lowest BCUT2D eigenvalue weighted by atomic mass is 9.63. The Bertz CT molecular complexity index is 657. The molecule has 114 valence electrons. The van der Waals surface area contributed by atoms with Crippen LogP contribution >= 0.6 is 0 Å². The van der Waals surface area contributed by atoms with Crippen LogP contribution in [-0.2, 0) is 12.8 Å². The van der Waals surface area contributed by atoms with Crippen LogP contribution in [-0.4, -0.2) is 0 Å². The second kappa shape index (κ2) is 4.47. The molecule has 2 aliphatic rings. The predicted octanol–water partition coefficient (Wildman–Crippen LogP) is 5.72. The summed E-state index contributed by atoms with van der Waals surface area (Å²) < 4.78 is 0. The molecule has 0 spiro atoms. The average Bonchev–Trinajstić information content (AvgIpc) is 2.86. The maximum absolute atomic E-state index is 2.47. The minimum absolute atomic E-state index is 0.336. The third-order valence-electron chi connectivity index (χ3n) is 6.09. The lowest BCUT2D eigenvalue weighted by Gasteiger charge is -2.40. The van der Waals surface area contributed by atoms with Crippen LogP contribution in [0.2, 0.25) is 0 Å². The molecule has 0 aromatic heterocycles. The van der Waals surface area contributed by atoms with Gasteiger partial charge in [0, 0.05) is 0 Å². The summed E-state index contributed by atoms with van der Waals surface area (Å²) in [6.45, 7) is 9.87. The first kappa shape index (κ1) is 14.1. The molecule has 4 rings (SSSR count). The molecular weight excluding hydrogens is 264 g/mol. The highest BCUT2D eigenvalue weighted by Gasteiger charge is 2.51. The fourth-order valence-corrected chi connectivity index (χ4v) is 5.30. The first-order chi connectivity index (χ1) is 10.4. The minimum Gasteiger partial charge on any atom is -0.0620 e. The van der Waals surface area contributed by atoms with Gasteiger partial charge < -0.3 is 0 Å². The number of fused-ring (bicyclic) bond motifs is 2. The number of benzene rings is 2. The highest BCUT2D eigenvalue weighted by atomic mass is 14.5. The largest absolute Gasteiger partial charge is 0.0620 e. The van der Waals surface area contributed by atoms with Crippen LogP contribution in [0.1, 0.15) is 61.8 Å². The van der Waals surface area contributed by atoms with E-state index in [-0.39, 0.29) is 0 Å². The maximum atomic E-state index is 2.47. The first-order valence-corrected chi connectivity index (χ1v) is 8.56. The van der Waals surface area contributed by atoms with Gasteiger partial charge in [-0.15, -0.1) is 0 Å². The molecule has 2 aromatic rings. The Morgan fingerprint density at radius 1 is 0.636 bits per heavy atom. The summed E-state index contributed by atoms with van der Waals surface area (Å²) in [5, 5.41) is 0. The van der Waals surface area contributed by atoms with Crippen LogP contribution < -0.4 is 0 Å². The Labute approximate surface area is 134 Å². The van der Waals surface area contributed by atoms with E-state index in [1.807, 2.05) is 0 Å². The number of hydrogen-bond donors (Lipinski definition) is 0. The average molecular weight is 290 g/mol. The lowest BCUT2D eigenvalue weighted by Crippen LogP contribution is -2.30. The summed E-state index contributed by atoms with van der Waals surface area (Å²) in [7, 11) is 0. The van der Waals surface area contributed by atoms with Crippen molar-refractivity contribution in [3.05, 3.63) is 70.8 Å². The first-order valence-electron chi connectivity index (χ1n) is 8.56. The van der Waals surface area contributed by atoms with Crippen LogP contribution in [0.4, 0.5) is 0 Å². The Kier molecular flexibility index (Phi) is 2.86. The SMILES string of the molecule is CC1(C)Cc2ccccc2[C@H]1[C@@H]1c2ccccc2CC1(C)C. The van der Waals surface area contributed by atoms with E-state index in [4.69, 9.17) is 0 Å². The second-order valence-electron chi connectivity index (χ2n) is 8.68. The van der Waals surface area contributed by atoms with Crippen molar-refractivity contribution in [2.24, 2.45) is 10.8 Å². The molecule has 0 bridgehead atoms. The third kappa shape index (κ3) is 1.89. The van der Waals surface area contributed by atoms with Crippen LogP contribution in [0.3, 0.4) is 0 Å². The van der Waals surface area contributed by atoms with Gasteiger partial charge in [-0.2, -0.15) is 0 Å². The highest BCUT2D eigenvalue weighted by Crippen LogP contribution is 2.62. The summed E-state index contributed by atoms with van der Waals surface area (Å²) in [4.78, 5) is 0. The topological polar surface area (TPSA) is 0 Å². The van der Waals surface area contributed by atoms with Crippen LogP contribution in [0, 0.1) is 10.8 Å². The van der Waals surface area contributed by atoms with Gasteiger partial charge >= 0.3 is 0 Å². The quantitative estimate of drug-likeness (QED) is 0.630. The fourth-order valence-electron chi connectivity index (χ4n) is 5.30. The standard InChI is InChI=1S/C22H26/c1-21(2)13-15-9-5-7-11-17(15)19(21)20-18-12-8-6-10-16(18)14-22(20,3)4/h5-12,19-20H,13-14H2,1-4H3/t19-,20-/m0/s1. The molecule has 0 amide bonds. The van der Waals surface area contributed by atoms with E-state index in [2.05, 4.69) is 76.2 Å². The maximum Gasteiger partial charge on any atom is -0.00305 e. The molecule has 0 saturated heterocycles. The Morgan fingerprint density at radius 3 is 1.41 bits per heavy atom. The van der Waals surface area contributed by atoms with Crippen LogP contribution in [0.25, 0.3) is 0 Å². The fraction of sp³-hybridized carbons (Fsp3) is 0.455. The van der Waals surface area contributed by atoms with Gasteiger partial charge in [0.15, 0.2) is 0 Å². The minimum atomic E-state index is 0.336. The number of rotatable bonds is 1. The lowest BCUT2D eigenvalue weighted by molar-refractivity contribution is 0.188. The summed E-state index contributed by atoms with van der Waals surface area (Å²) in [6, 6.07) is 18.3. The summed E-state index contributed by atoms with van der Waals surface area (Å²) in [5.74, 6) is 1.25. The second-order valence-corrected chi connectivity index (χ2v) is 8.68. The third-order valence-corrected chi connectivity index (χ3v) is 6.09. The molecule has 0 heterocycles. The van der Waals surface area contributed by atoms with Crippen molar-refractivity contribution in [2.75, 3.05) is 0 Å². The highest BCUT2D eigenvalue weighted by molar-refractivity contribution is 5.47. The van der Waals surface area contributed by atoms with Crippen molar-refractivity contribution in [1.29, 1.82) is 0 Å². The zero-order valence-electron chi connectivity index (χ0n) is 14.2. The molecule has 0 radical (unpaired) electrons. The van der Waals surface area contributed by atoms with Gasteiger partial charge in [0.2, 0.25) is 0 Å². The zero-order valence-corrected chi connectivity index (χ0v) is 14.2. The van der Waals surface area contributed by atoms with E-state index in [1.54, 1.807) is 22.3 Å². The Hall–Kier alpha value is -1.56. The summed E-state index contributed by atoms with van der Waals surface area (Å²) in [6.07, 6.45) is 2.42.